The lowest BCUT2D eigenvalue weighted by Gasteiger charge is -2.26. The number of carbonyl (C=O) groups is 5. The van der Waals surface area contributed by atoms with E-state index in [-0.39, 0.29) is 36.1 Å². The minimum Gasteiger partial charge on any atom is -0.481 e. The molecule has 6 rings (SSSR count). The molecule has 1 saturated carbocycles. The monoisotopic (exact) mass is 750 g/mol. The molecule has 1 fully saturated rings. The first-order valence-electron chi connectivity index (χ1n) is 18.5. The maximum atomic E-state index is 13.9. The van der Waals surface area contributed by atoms with Gasteiger partial charge in [0.25, 0.3) is 11.8 Å². The Balaban J connectivity index is 1.09. The summed E-state index contributed by atoms with van der Waals surface area (Å²) in [5, 5.41) is 24.7. The van der Waals surface area contributed by atoms with Crippen LogP contribution < -0.4 is 10.6 Å². The second-order valence-corrected chi connectivity index (χ2v) is 15.2. The SMILES string of the molecule is CN(CCN(Cc1cccc(C(=O)Nc2sc3c(c2C(=O)Nc2ccc(CCc4ccc(C(=O)O)cc4)cc2)CCCC3)c1)C1CC1)C(=O)CCC(=O)O. The average Bonchev–Trinajstić information content (AvgIpc) is 3.95. The normalized spacial score (nSPS) is 13.6. The smallest absolute Gasteiger partial charge is 0.335 e. The summed E-state index contributed by atoms with van der Waals surface area (Å²) >= 11 is 1.48. The number of amides is 3. The number of thiophene rings is 1. The van der Waals surface area contributed by atoms with E-state index in [1.807, 2.05) is 54.6 Å². The number of likely N-dealkylation sites (N-methyl/N-ethyl adjacent to an activating group) is 1. The zero-order valence-corrected chi connectivity index (χ0v) is 31.3. The van der Waals surface area contributed by atoms with Gasteiger partial charge < -0.3 is 25.7 Å². The molecule has 0 radical (unpaired) electrons. The molecule has 3 amide bonds. The first-order valence-corrected chi connectivity index (χ1v) is 19.3. The van der Waals surface area contributed by atoms with Crippen molar-refractivity contribution < 1.29 is 34.2 Å². The number of anilines is 2. The van der Waals surface area contributed by atoms with E-state index in [1.54, 1.807) is 30.1 Å². The molecule has 0 aliphatic heterocycles. The number of aryl methyl sites for hydroxylation is 3. The van der Waals surface area contributed by atoms with Crippen LogP contribution in [0.4, 0.5) is 10.7 Å². The maximum Gasteiger partial charge on any atom is 0.335 e. The molecule has 1 heterocycles. The highest BCUT2D eigenvalue weighted by Crippen LogP contribution is 2.39. The minimum atomic E-state index is -0.988. The lowest BCUT2D eigenvalue weighted by molar-refractivity contribution is -0.140. The standard InChI is InChI=1S/C42H46N4O7S/c1-45(36(47)21-22-37(48)49)23-24-46(33-19-20-33)26-29-5-4-6-31(25-29)39(50)44-41-38(34-7-2-3-8-35(34)54-41)40(51)43-32-17-13-28(14-18-32)10-9-27-11-15-30(16-12-27)42(52)53/h4-6,11-18,25,33H,2-3,7-10,19-24,26H2,1H3,(H,43,51)(H,44,50)(H,48,49)(H,52,53). The third kappa shape index (κ3) is 10.2. The van der Waals surface area contributed by atoms with Gasteiger partial charge in [0.1, 0.15) is 5.00 Å². The van der Waals surface area contributed by atoms with E-state index in [4.69, 9.17) is 10.2 Å². The Labute approximate surface area is 319 Å². The number of benzene rings is 3. The molecule has 0 saturated heterocycles. The van der Waals surface area contributed by atoms with E-state index >= 15 is 0 Å². The number of aliphatic carboxylic acids is 1. The second-order valence-electron chi connectivity index (χ2n) is 14.1. The van der Waals surface area contributed by atoms with Gasteiger partial charge in [-0.15, -0.1) is 11.3 Å². The number of hydrogen-bond acceptors (Lipinski definition) is 7. The van der Waals surface area contributed by atoms with Crippen LogP contribution in [0.5, 0.6) is 0 Å². The van der Waals surface area contributed by atoms with E-state index in [2.05, 4.69) is 15.5 Å². The van der Waals surface area contributed by atoms with Crippen molar-refractivity contribution in [1.82, 2.24) is 9.80 Å². The number of nitrogens with one attached hydrogen (secondary N) is 2. The summed E-state index contributed by atoms with van der Waals surface area (Å²) < 4.78 is 0. The highest BCUT2D eigenvalue weighted by molar-refractivity contribution is 7.17. The van der Waals surface area contributed by atoms with Crippen molar-refractivity contribution in [2.45, 2.75) is 76.8 Å². The van der Waals surface area contributed by atoms with E-state index < -0.39 is 11.9 Å². The van der Waals surface area contributed by atoms with Crippen LogP contribution in [0.2, 0.25) is 0 Å². The summed E-state index contributed by atoms with van der Waals surface area (Å²) in [6.45, 7) is 1.74. The lowest BCUT2D eigenvalue weighted by Crippen LogP contribution is -2.37. The van der Waals surface area contributed by atoms with Crippen LogP contribution in [0.3, 0.4) is 0 Å². The predicted octanol–water partition coefficient (Wildman–Crippen LogP) is 6.90. The van der Waals surface area contributed by atoms with Crippen LogP contribution in [0, 0.1) is 0 Å². The number of carboxylic acid groups (broad SMARTS) is 2. The van der Waals surface area contributed by atoms with Crippen molar-refractivity contribution in [3.8, 4) is 0 Å². The Morgan fingerprint density at radius 3 is 2.11 bits per heavy atom. The van der Waals surface area contributed by atoms with Gasteiger partial charge in [0.15, 0.2) is 0 Å². The molecule has 1 aromatic heterocycles. The molecular formula is C42H46N4O7S. The fraction of sp³-hybridized carbons (Fsp3) is 0.357. The number of rotatable bonds is 17. The van der Waals surface area contributed by atoms with Gasteiger partial charge in [0.2, 0.25) is 5.91 Å². The first-order chi connectivity index (χ1) is 26.0. The fourth-order valence-electron chi connectivity index (χ4n) is 6.80. The Hall–Kier alpha value is -5.33. The summed E-state index contributed by atoms with van der Waals surface area (Å²) in [6.07, 6.45) is 7.14. The summed E-state index contributed by atoms with van der Waals surface area (Å²) in [4.78, 5) is 67.0. The number of aromatic carboxylic acids is 1. The molecule has 0 unspecified atom stereocenters. The van der Waals surface area contributed by atoms with E-state index in [1.165, 1.54) is 11.3 Å². The maximum absolute atomic E-state index is 13.9. The summed E-state index contributed by atoms with van der Waals surface area (Å²) in [5.74, 6) is -2.66. The summed E-state index contributed by atoms with van der Waals surface area (Å²) in [5.41, 5.74) is 6.05. The van der Waals surface area contributed by atoms with Gasteiger partial charge in [-0.3, -0.25) is 24.1 Å². The van der Waals surface area contributed by atoms with Crippen LogP contribution in [-0.4, -0.2) is 75.9 Å². The minimum absolute atomic E-state index is 0.0207. The number of nitrogens with zero attached hydrogens (tertiary/aromatic N) is 2. The highest BCUT2D eigenvalue weighted by Gasteiger charge is 2.30. The lowest BCUT2D eigenvalue weighted by atomic mass is 9.95. The van der Waals surface area contributed by atoms with Crippen LogP contribution in [0.15, 0.2) is 72.8 Å². The van der Waals surface area contributed by atoms with E-state index in [0.717, 1.165) is 78.5 Å². The largest absolute Gasteiger partial charge is 0.481 e. The predicted molar refractivity (Wildman–Crippen MR) is 208 cm³/mol. The molecule has 3 aromatic carbocycles. The molecule has 54 heavy (non-hydrogen) atoms. The number of hydrogen-bond donors (Lipinski definition) is 4. The van der Waals surface area contributed by atoms with Crippen molar-refractivity contribution >= 4 is 51.7 Å². The molecule has 12 heteroatoms. The highest BCUT2D eigenvalue weighted by atomic mass is 32.1. The fourth-order valence-corrected chi connectivity index (χ4v) is 8.09. The Morgan fingerprint density at radius 2 is 1.44 bits per heavy atom. The Bertz CT molecular complexity index is 2000. The van der Waals surface area contributed by atoms with E-state index in [9.17, 15) is 24.0 Å². The number of carboxylic acids is 2. The summed E-state index contributed by atoms with van der Waals surface area (Å²) in [7, 11) is 1.70. The zero-order chi connectivity index (χ0) is 38.2. The third-order valence-corrected chi connectivity index (χ3v) is 11.3. The van der Waals surface area contributed by atoms with Crippen molar-refractivity contribution in [2.75, 3.05) is 30.8 Å². The van der Waals surface area contributed by atoms with Crippen LogP contribution >= 0.6 is 11.3 Å². The Morgan fingerprint density at radius 1 is 0.759 bits per heavy atom. The van der Waals surface area contributed by atoms with Gasteiger partial charge in [0.05, 0.1) is 17.5 Å². The van der Waals surface area contributed by atoms with Crippen LogP contribution in [0.25, 0.3) is 0 Å². The first kappa shape index (κ1) is 38.4. The molecule has 0 bridgehead atoms. The zero-order valence-electron chi connectivity index (χ0n) is 30.4. The van der Waals surface area contributed by atoms with Crippen LogP contribution in [0.1, 0.15) is 96.7 Å². The molecule has 0 spiro atoms. The third-order valence-electron chi connectivity index (χ3n) is 10.1. The van der Waals surface area contributed by atoms with E-state index in [0.29, 0.717) is 47.5 Å². The van der Waals surface area contributed by atoms with Gasteiger partial charge in [0, 0.05) is 55.3 Å². The second kappa shape index (κ2) is 17.7. The molecule has 282 valence electrons. The average molecular weight is 751 g/mol. The number of fused-ring (bicyclic) bond motifs is 1. The van der Waals surface area contributed by atoms with Gasteiger partial charge in [-0.05, 0) is 110 Å². The van der Waals surface area contributed by atoms with Gasteiger partial charge in [-0.1, -0.05) is 36.4 Å². The van der Waals surface area contributed by atoms with Gasteiger partial charge >= 0.3 is 11.9 Å². The van der Waals surface area contributed by atoms with Crippen molar-refractivity contribution in [3.63, 3.8) is 0 Å². The summed E-state index contributed by atoms with van der Waals surface area (Å²) in [6, 6.07) is 22.5. The van der Waals surface area contributed by atoms with Crippen LogP contribution in [-0.2, 0) is 41.8 Å². The van der Waals surface area contributed by atoms with Crippen molar-refractivity contribution in [2.24, 2.45) is 0 Å². The Kier molecular flexibility index (Phi) is 12.6. The molecule has 4 aromatic rings. The van der Waals surface area contributed by atoms with Crippen molar-refractivity contribution in [3.05, 3.63) is 117 Å². The molecule has 4 N–H and O–H groups in total. The molecule has 11 nitrogen and oxygen atoms in total. The molecule has 2 aliphatic rings. The topological polar surface area (TPSA) is 156 Å². The van der Waals surface area contributed by atoms with Gasteiger partial charge in [-0.25, -0.2) is 4.79 Å². The van der Waals surface area contributed by atoms with Crippen molar-refractivity contribution in [1.29, 1.82) is 0 Å². The van der Waals surface area contributed by atoms with Gasteiger partial charge in [-0.2, -0.15) is 0 Å². The molecule has 0 atom stereocenters. The molecular weight excluding hydrogens is 705 g/mol. The number of carbonyl (C=O) groups excluding carboxylic acids is 3. The molecule has 2 aliphatic carbocycles. The quantitative estimate of drug-likeness (QED) is 0.0908.